The maximum atomic E-state index is 12.4. The van der Waals surface area contributed by atoms with Crippen molar-refractivity contribution in [2.75, 3.05) is 18.0 Å². The number of hydrogen-bond donors (Lipinski definition) is 0. The van der Waals surface area contributed by atoms with Crippen LogP contribution in [0.5, 0.6) is 0 Å². The standard InChI is InChI=1S/C6H8FN3S/c1-4-8-6(9-11-4)10-2-5(7)3-10/h5H,2-3H2,1H3. The van der Waals surface area contributed by atoms with Gasteiger partial charge in [0.25, 0.3) is 0 Å². The molecule has 0 radical (unpaired) electrons. The lowest BCUT2D eigenvalue weighted by molar-refractivity contribution is 0.272. The zero-order valence-corrected chi connectivity index (χ0v) is 6.94. The average molecular weight is 173 g/mol. The summed E-state index contributed by atoms with van der Waals surface area (Å²) in [6.45, 7) is 2.81. The second-order valence-electron chi connectivity index (χ2n) is 2.62. The summed E-state index contributed by atoms with van der Waals surface area (Å²) in [5.74, 6) is 0.682. The molecule has 0 saturated carbocycles. The van der Waals surface area contributed by atoms with Crippen LogP contribution in [0.15, 0.2) is 0 Å². The normalized spacial score (nSPS) is 18.5. The Hall–Kier alpha value is -0.710. The van der Waals surface area contributed by atoms with Gasteiger partial charge in [-0.1, -0.05) is 0 Å². The fourth-order valence-corrected chi connectivity index (χ4v) is 1.50. The number of anilines is 1. The summed E-state index contributed by atoms with van der Waals surface area (Å²) in [7, 11) is 0. The molecular formula is C6H8FN3S. The van der Waals surface area contributed by atoms with Crippen LogP contribution in [0.3, 0.4) is 0 Å². The van der Waals surface area contributed by atoms with E-state index in [-0.39, 0.29) is 0 Å². The van der Waals surface area contributed by atoms with Gasteiger partial charge in [0.2, 0.25) is 5.95 Å². The van der Waals surface area contributed by atoms with Crippen LogP contribution in [0.1, 0.15) is 5.01 Å². The van der Waals surface area contributed by atoms with Gasteiger partial charge in [-0.2, -0.15) is 4.37 Å². The van der Waals surface area contributed by atoms with Crippen molar-refractivity contribution < 1.29 is 4.39 Å². The van der Waals surface area contributed by atoms with E-state index in [1.807, 2.05) is 11.8 Å². The van der Waals surface area contributed by atoms with Crippen molar-refractivity contribution in [1.29, 1.82) is 0 Å². The molecule has 0 N–H and O–H groups in total. The van der Waals surface area contributed by atoms with Gasteiger partial charge < -0.3 is 4.90 Å². The lowest BCUT2D eigenvalue weighted by atomic mass is 10.2. The second-order valence-corrected chi connectivity index (χ2v) is 3.57. The van der Waals surface area contributed by atoms with Crippen LogP contribution in [0, 0.1) is 6.92 Å². The van der Waals surface area contributed by atoms with Crippen LogP contribution in [-0.2, 0) is 0 Å². The molecule has 0 aliphatic carbocycles. The monoisotopic (exact) mass is 173 g/mol. The van der Waals surface area contributed by atoms with Gasteiger partial charge in [0.15, 0.2) is 0 Å². The topological polar surface area (TPSA) is 29.0 Å². The van der Waals surface area contributed by atoms with E-state index >= 15 is 0 Å². The summed E-state index contributed by atoms with van der Waals surface area (Å²) in [5, 5.41) is 0.933. The average Bonchev–Trinajstić information content (AvgIpc) is 2.29. The predicted molar refractivity (Wildman–Crippen MR) is 41.8 cm³/mol. The molecule has 2 heterocycles. The van der Waals surface area contributed by atoms with Gasteiger partial charge in [-0.25, -0.2) is 9.37 Å². The first-order valence-electron chi connectivity index (χ1n) is 3.45. The minimum Gasteiger partial charge on any atom is -0.334 e. The molecule has 60 valence electrons. The van der Waals surface area contributed by atoms with Crippen LogP contribution in [0.4, 0.5) is 10.3 Å². The van der Waals surface area contributed by atoms with E-state index in [2.05, 4.69) is 9.36 Å². The van der Waals surface area contributed by atoms with Crippen molar-refractivity contribution in [3.63, 3.8) is 0 Å². The summed E-state index contributed by atoms with van der Waals surface area (Å²) < 4.78 is 16.4. The molecule has 0 spiro atoms. The third-order valence-electron chi connectivity index (χ3n) is 1.64. The molecule has 0 atom stereocenters. The molecular weight excluding hydrogens is 165 g/mol. The lowest BCUT2D eigenvalue weighted by Gasteiger charge is -2.33. The zero-order valence-electron chi connectivity index (χ0n) is 6.12. The Balaban J connectivity index is 2.07. The number of halogens is 1. The number of aromatic nitrogens is 2. The summed E-state index contributed by atoms with van der Waals surface area (Å²) >= 11 is 1.36. The van der Waals surface area contributed by atoms with Gasteiger partial charge in [-0.15, -0.1) is 0 Å². The van der Waals surface area contributed by atoms with Crippen molar-refractivity contribution in [3.05, 3.63) is 5.01 Å². The summed E-state index contributed by atoms with van der Waals surface area (Å²) in [6, 6.07) is 0. The highest BCUT2D eigenvalue weighted by molar-refractivity contribution is 7.05. The smallest absolute Gasteiger partial charge is 0.237 e. The maximum Gasteiger partial charge on any atom is 0.237 e. The highest BCUT2D eigenvalue weighted by Gasteiger charge is 2.28. The number of aryl methyl sites for hydroxylation is 1. The van der Waals surface area contributed by atoms with Crippen molar-refractivity contribution in [2.45, 2.75) is 13.1 Å². The Morgan fingerprint density at radius 3 is 2.82 bits per heavy atom. The molecule has 1 aromatic heterocycles. The van der Waals surface area contributed by atoms with E-state index in [1.54, 1.807) is 0 Å². The van der Waals surface area contributed by atoms with Crippen LogP contribution in [0.2, 0.25) is 0 Å². The molecule has 0 unspecified atom stereocenters. The van der Waals surface area contributed by atoms with Gasteiger partial charge in [-0.3, -0.25) is 0 Å². The molecule has 1 saturated heterocycles. The minimum absolute atomic E-state index is 0.455. The Morgan fingerprint density at radius 1 is 1.64 bits per heavy atom. The van der Waals surface area contributed by atoms with Crippen LogP contribution in [-0.4, -0.2) is 28.6 Å². The lowest BCUT2D eigenvalue weighted by Crippen LogP contribution is -2.48. The van der Waals surface area contributed by atoms with Crippen LogP contribution < -0.4 is 4.90 Å². The summed E-state index contributed by atoms with van der Waals surface area (Å²) in [4.78, 5) is 5.98. The largest absolute Gasteiger partial charge is 0.334 e. The van der Waals surface area contributed by atoms with Gasteiger partial charge >= 0.3 is 0 Å². The van der Waals surface area contributed by atoms with Gasteiger partial charge in [0.05, 0.1) is 13.1 Å². The predicted octanol–water partition coefficient (Wildman–Crippen LogP) is 1.00. The first kappa shape index (κ1) is 6.97. The molecule has 3 nitrogen and oxygen atoms in total. The van der Waals surface area contributed by atoms with Crippen LogP contribution in [0.25, 0.3) is 0 Å². The maximum absolute atomic E-state index is 12.4. The van der Waals surface area contributed by atoms with Crippen LogP contribution >= 0.6 is 11.5 Å². The molecule has 1 fully saturated rings. The number of nitrogens with zero attached hydrogens (tertiary/aromatic N) is 3. The Morgan fingerprint density at radius 2 is 2.36 bits per heavy atom. The molecule has 1 aliphatic rings. The molecule has 0 aromatic carbocycles. The zero-order chi connectivity index (χ0) is 7.84. The van der Waals surface area contributed by atoms with Crippen molar-refractivity contribution in [3.8, 4) is 0 Å². The molecule has 1 aliphatic heterocycles. The van der Waals surface area contributed by atoms with E-state index in [4.69, 9.17) is 0 Å². The molecule has 0 amide bonds. The molecule has 2 rings (SSSR count). The Bertz CT molecular complexity index is 256. The third-order valence-corrected chi connectivity index (χ3v) is 2.25. The van der Waals surface area contributed by atoms with E-state index in [9.17, 15) is 4.39 Å². The quantitative estimate of drug-likeness (QED) is 0.634. The second kappa shape index (κ2) is 2.41. The van der Waals surface area contributed by atoms with E-state index < -0.39 is 6.17 Å². The number of rotatable bonds is 1. The van der Waals surface area contributed by atoms with E-state index in [0.29, 0.717) is 19.0 Å². The van der Waals surface area contributed by atoms with E-state index in [1.165, 1.54) is 11.5 Å². The fourth-order valence-electron chi connectivity index (χ4n) is 1.01. The minimum atomic E-state index is -0.682. The third kappa shape index (κ3) is 1.20. The van der Waals surface area contributed by atoms with Gasteiger partial charge in [0, 0.05) is 0 Å². The SMILES string of the molecule is Cc1nc(N2CC(F)C2)ns1. The Kier molecular flexibility index (Phi) is 1.52. The first-order chi connectivity index (χ1) is 5.25. The highest BCUT2D eigenvalue weighted by Crippen LogP contribution is 2.20. The van der Waals surface area contributed by atoms with Crippen molar-refractivity contribution in [2.24, 2.45) is 0 Å². The fraction of sp³-hybridized carbons (Fsp3) is 0.667. The van der Waals surface area contributed by atoms with Gasteiger partial charge in [0.1, 0.15) is 11.2 Å². The Labute approximate surface area is 68.0 Å². The summed E-state index contributed by atoms with van der Waals surface area (Å²) in [6.07, 6.45) is -0.682. The number of hydrogen-bond acceptors (Lipinski definition) is 4. The first-order valence-corrected chi connectivity index (χ1v) is 4.22. The van der Waals surface area contributed by atoms with Crippen molar-refractivity contribution in [1.82, 2.24) is 9.36 Å². The molecule has 0 bridgehead atoms. The molecule has 5 heteroatoms. The summed E-state index contributed by atoms with van der Waals surface area (Å²) in [5.41, 5.74) is 0. The number of alkyl halides is 1. The molecule has 11 heavy (non-hydrogen) atoms. The highest BCUT2D eigenvalue weighted by atomic mass is 32.1. The van der Waals surface area contributed by atoms with Gasteiger partial charge in [-0.05, 0) is 18.5 Å². The van der Waals surface area contributed by atoms with E-state index in [0.717, 1.165) is 5.01 Å². The molecule has 1 aromatic rings. The van der Waals surface area contributed by atoms with Crippen molar-refractivity contribution >= 4 is 17.5 Å².